The standard InChI is InChI=1S/C21H23F2N5O2.C20H24ClN3O2/c1-26-6-8-27(9-7-26)20(30)28-12-15-17(24-25-19(15)21(28)4-5-21)11-18(29)14-3-2-13(22)10-16(14)23;1-19(2,3)18(26)24-11-14-15(22-23-17(14)20(24,4)5)10-16(25)12-6-8-13(21)9-7-12/h2-3,10H,4-9,11-12H2,1H3,(H,24,25);6-9H,10-11H2,1-5H3,(H,22,23). The van der Waals surface area contributed by atoms with Gasteiger partial charge in [0.1, 0.15) is 11.6 Å². The maximum Gasteiger partial charge on any atom is 0.321 e. The number of nitrogens with zero attached hydrogens (tertiary/aromatic N) is 6. The Morgan fingerprint density at radius 3 is 1.96 bits per heavy atom. The molecule has 56 heavy (non-hydrogen) atoms. The summed E-state index contributed by atoms with van der Waals surface area (Å²) >= 11 is 5.88. The molecular weight excluding hydrogens is 742 g/mol. The number of benzene rings is 2. The number of Topliss-reactive ketones (excluding diaryl/α,β-unsaturated/α-hetero) is 2. The van der Waals surface area contributed by atoms with Crippen LogP contribution in [0.2, 0.25) is 5.02 Å². The lowest BCUT2D eigenvalue weighted by molar-refractivity contribution is -0.145. The fourth-order valence-corrected chi connectivity index (χ4v) is 8.02. The van der Waals surface area contributed by atoms with Crippen molar-refractivity contribution in [3.8, 4) is 0 Å². The second kappa shape index (κ2) is 14.5. The normalized spacial score (nSPS) is 18.1. The number of fused-ring (bicyclic) bond motifs is 3. The number of urea groups is 1. The number of piperazine rings is 1. The van der Waals surface area contributed by atoms with Gasteiger partial charge in [0.2, 0.25) is 5.91 Å². The van der Waals surface area contributed by atoms with Gasteiger partial charge in [0, 0.05) is 70.8 Å². The van der Waals surface area contributed by atoms with Gasteiger partial charge in [0.15, 0.2) is 11.6 Å². The first-order chi connectivity index (χ1) is 26.4. The first kappa shape index (κ1) is 39.3. The highest BCUT2D eigenvalue weighted by Gasteiger charge is 2.59. The third-order valence-electron chi connectivity index (χ3n) is 11.4. The summed E-state index contributed by atoms with van der Waals surface area (Å²) in [6.45, 7) is 13.7. The van der Waals surface area contributed by atoms with E-state index in [-0.39, 0.29) is 41.7 Å². The molecule has 2 aromatic carbocycles. The molecule has 0 atom stereocenters. The summed E-state index contributed by atoms with van der Waals surface area (Å²) in [7, 11) is 2.04. The van der Waals surface area contributed by atoms with E-state index in [1.807, 2.05) is 56.4 Å². The summed E-state index contributed by atoms with van der Waals surface area (Å²) in [5, 5.41) is 15.4. The molecule has 1 saturated heterocycles. The van der Waals surface area contributed by atoms with E-state index in [9.17, 15) is 28.0 Å². The fraction of sp³-hybridized carbons (Fsp3) is 0.463. The average Bonchev–Trinajstić information content (AvgIpc) is 3.37. The number of carbonyl (C=O) groups excluding carboxylic acids is 4. The van der Waals surface area contributed by atoms with Crippen LogP contribution in [-0.2, 0) is 41.8 Å². The van der Waals surface area contributed by atoms with Gasteiger partial charge >= 0.3 is 6.03 Å². The van der Waals surface area contributed by atoms with Crippen molar-refractivity contribution in [2.24, 2.45) is 5.41 Å². The van der Waals surface area contributed by atoms with E-state index in [1.54, 1.807) is 24.3 Å². The molecule has 8 rings (SSSR count). The number of hydrogen-bond acceptors (Lipinski definition) is 7. The summed E-state index contributed by atoms with van der Waals surface area (Å²) < 4.78 is 27.1. The van der Waals surface area contributed by atoms with Gasteiger partial charge in [0.05, 0.1) is 54.0 Å². The lowest BCUT2D eigenvalue weighted by Crippen LogP contribution is -2.52. The minimum atomic E-state index is -0.873. The van der Waals surface area contributed by atoms with Crippen LogP contribution in [0, 0.1) is 17.0 Å². The van der Waals surface area contributed by atoms with E-state index in [0.29, 0.717) is 48.5 Å². The highest BCUT2D eigenvalue weighted by atomic mass is 35.5. The predicted molar refractivity (Wildman–Crippen MR) is 205 cm³/mol. The number of halogens is 3. The van der Waals surface area contributed by atoms with Gasteiger partial charge in [-0.1, -0.05) is 32.4 Å². The summed E-state index contributed by atoms with van der Waals surface area (Å²) in [5.41, 5.74) is 3.95. The molecule has 2 N–H and O–H groups in total. The van der Waals surface area contributed by atoms with Crippen LogP contribution in [0.1, 0.15) is 102 Å². The number of aromatic nitrogens is 4. The number of rotatable bonds is 6. The van der Waals surface area contributed by atoms with E-state index in [4.69, 9.17) is 11.6 Å². The van der Waals surface area contributed by atoms with Crippen molar-refractivity contribution in [2.75, 3.05) is 33.2 Å². The Hall–Kier alpha value is -4.95. The summed E-state index contributed by atoms with van der Waals surface area (Å²) in [6.07, 6.45) is 1.85. The predicted octanol–water partition coefficient (Wildman–Crippen LogP) is 6.40. The van der Waals surface area contributed by atoms with Crippen LogP contribution < -0.4 is 0 Å². The molecule has 0 radical (unpaired) electrons. The summed E-state index contributed by atoms with van der Waals surface area (Å²) in [4.78, 5) is 59.1. The minimum absolute atomic E-state index is 0.00785. The molecular formula is C41H47ClF2N8O4. The van der Waals surface area contributed by atoms with Crippen molar-refractivity contribution in [1.82, 2.24) is 40.0 Å². The quantitative estimate of drug-likeness (QED) is 0.216. The summed E-state index contributed by atoms with van der Waals surface area (Å²) in [6, 6.07) is 9.82. The third-order valence-corrected chi connectivity index (χ3v) is 11.7. The minimum Gasteiger partial charge on any atom is -0.327 e. The van der Waals surface area contributed by atoms with Crippen molar-refractivity contribution in [3.63, 3.8) is 0 Å². The van der Waals surface area contributed by atoms with Gasteiger partial charge in [-0.2, -0.15) is 10.2 Å². The van der Waals surface area contributed by atoms with E-state index >= 15 is 0 Å². The smallest absolute Gasteiger partial charge is 0.321 e. The third kappa shape index (κ3) is 7.24. The van der Waals surface area contributed by atoms with Crippen molar-refractivity contribution in [3.05, 3.63) is 104 Å². The first-order valence-corrected chi connectivity index (χ1v) is 19.3. The van der Waals surface area contributed by atoms with Crippen LogP contribution in [0.15, 0.2) is 42.5 Å². The molecule has 1 aliphatic carbocycles. The molecule has 3 aliphatic heterocycles. The number of hydrogen-bond donors (Lipinski definition) is 2. The molecule has 3 amide bonds. The molecule has 0 unspecified atom stereocenters. The highest BCUT2D eigenvalue weighted by Crippen LogP contribution is 2.56. The van der Waals surface area contributed by atoms with Gasteiger partial charge in [-0.3, -0.25) is 24.6 Å². The van der Waals surface area contributed by atoms with Gasteiger partial charge < -0.3 is 19.6 Å². The Morgan fingerprint density at radius 2 is 1.38 bits per heavy atom. The molecule has 4 aliphatic rings. The van der Waals surface area contributed by atoms with Crippen LogP contribution in [-0.4, -0.2) is 96.7 Å². The van der Waals surface area contributed by atoms with Crippen LogP contribution >= 0.6 is 11.6 Å². The van der Waals surface area contributed by atoms with Crippen molar-refractivity contribution in [2.45, 2.75) is 84.5 Å². The van der Waals surface area contributed by atoms with Crippen LogP contribution in [0.4, 0.5) is 13.6 Å². The van der Waals surface area contributed by atoms with Crippen LogP contribution in [0.5, 0.6) is 0 Å². The number of amides is 3. The Balaban J connectivity index is 0.000000174. The van der Waals surface area contributed by atoms with Crippen molar-refractivity contribution in [1.29, 1.82) is 0 Å². The Bertz CT molecular complexity index is 2200. The first-order valence-electron chi connectivity index (χ1n) is 18.9. The van der Waals surface area contributed by atoms with Gasteiger partial charge in [-0.25, -0.2) is 13.6 Å². The molecule has 1 spiro atoms. The van der Waals surface area contributed by atoms with E-state index in [1.165, 1.54) is 0 Å². The van der Waals surface area contributed by atoms with E-state index < -0.39 is 28.4 Å². The highest BCUT2D eigenvalue weighted by molar-refractivity contribution is 6.30. The lowest BCUT2D eigenvalue weighted by Gasteiger charge is -2.37. The molecule has 2 aromatic heterocycles. The maximum absolute atomic E-state index is 14.0. The number of carbonyl (C=O) groups is 4. The second-order valence-corrected chi connectivity index (χ2v) is 17.2. The van der Waals surface area contributed by atoms with Crippen molar-refractivity contribution < 1.29 is 28.0 Å². The zero-order chi connectivity index (χ0) is 40.3. The van der Waals surface area contributed by atoms with Gasteiger partial charge in [-0.15, -0.1) is 0 Å². The van der Waals surface area contributed by atoms with Crippen LogP contribution in [0.3, 0.4) is 0 Å². The molecule has 296 valence electrons. The second-order valence-electron chi connectivity index (χ2n) is 16.8. The van der Waals surface area contributed by atoms with Gasteiger partial charge in [-0.05, 0) is 70.1 Å². The Kier molecular flexibility index (Phi) is 10.2. The average molecular weight is 789 g/mol. The molecule has 2 fully saturated rings. The van der Waals surface area contributed by atoms with E-state index in [0.717, 1.165) is 66.3 Å². The zero-order valence-corrected chi connectivity index (χ0v) is 33.3. The molecule has 5 heterocycles. The fourth-order valence-electron chi connectivity index (χ4n) is 7.89. The molecule has 4 aromatic rings. The Labute approximate surface area is 329 Å². The SMILES string of the molecule is CC(C)(C)C(=O)N1Cc2c(n[nH]c2CC(=O)c2ccc(Cl)cc2)C1(C)C.CN1CCN(C(=O)N2Cc3c(n[nH]c3CC(=O)c3ccc(F)cc3F)C23CC3)CC1. The lowest BCUT2D eigenvalue weighted by atomic mass is 9.92. The topological polar surface area (TPSA) is 139 Å². The Morgan fingerprint density at radius 1 is 0.804 bits per heavy atom. The molecule has 1 saturated carbocycles. The monoisotopic (exact) mass is 788 g/mol. The number of aromatic amines is 2. The maximum atomic E-state index is 14.0. The molecule has 0 bridgehead atoms. The largest absolute Gasteiger partial charge is 0.327 e. The number of H-pyrrole nitrogens is 2. The number of likely N-dealkylation sites (N-methyl/N-ethyl adjacent to an activating group) is 1. The number of nitrogens with one attached hydrogen (secondary N) is 2. The van der Waals surface area contributed by atoms with E-state index in [2.05, 4.69) is 25.3 Å². The van der Waals surface area contributed by atoms with Gasteiger partial charge in [0.25, 0.3) is 0 Å². The molecule has 12 nitrogen and oxygen atoms in total. The van der Waals surface area contributed by atoms with Crippen LogP contribution in [0.25, 0.3) is 0 Å². The summed E-state index contributed by atoms with van der Waals surface area (Å²) in [5.74, 6) is -1.98. The molecule has 15 heteroatoms. The van der Waals surface area contributed by atoms with Crippen molar-refractivity contribution >= 4 is 35.1 Å². The number of ketones is 2. The zero-order valence-electron chi connectivity index (χ0n) is 32.6.